The molecule has 4 heteroatoms. The van der Waals surface area contributed by atoms with Crippen molar-refractivity contribution in [2.75, 3.05) is 7.05 Å². The molecule has 0 bridgehead atoms. The van der Waals surface area contributed by atoms with Crippen molar-refractivity contribution >= 4 is 0 Å². The predicted molar refractivity (Wildman–Crippen MR) is 74.3 cm³/mol. The molecule has 0 amide bonds. The number of ether oxygens (including phenoxy) is 1. The van der Waals surface area contributed by atoms with Gasteiger partial charge in [-0.15, -0.1) is 0 Å². The predicted octanol–water partition coefficient (Wildman–Crippen LogP) is 1.55. The fourth-order valence-corrected chi connectivity index (χ4v) is 2.64. The number of likely N-dealkylation sites (N-methyl/N-ethyl adjacent to an activating group) is 1. The highest BCUT2D eigenvalue weighted by Gasteiger charge is 2.30. The molecule has 2 heterocycles. The molecule has 0 radical (unpaired) electrons. The van der Waals surface area contributed by atoms with Gasteiger partial charge in [0, 0.05) is 32.3 Å². The smallest absolute Gasteiger partial charge is 0.123 e. The van der Waals surface area contributed by atoms with Crippen LogP contribution < -0.4 is 10.1 Å². The number of hydrogen-bond acceptors (Lipinski definition) is 3. The summed E-state index contributed by atoms with van der Waals surface area (Å²) < 4.78 is 8.11. The van der Waals surface area contributed by atoms with Gasteiger partial charge in [-0.3, -0.25) is 0 Å². The lowest BCUT2D eigenvalue weighted by Gasteiger charge is -2.22. The van der Waals surface area contributed by atoms with Crippen LogP contribution in [0.4, 0.5) is 0 Å². The molecule has 100 valence electrons. The molecule has 0 saturated heterocycles. The van der Waals surface area contributed by atoms with Crippen molar-refractivity contribution in [3.8, 4) is 5.75 Å². The molecule has 0 saturated carbocycles. The van der Waals surface area contributed by atoms with Crippen LogP contribution in [0, 0.1) is 0 Å². The summed E-state index contributed by atoms with van der Waals surface area (Å²) in [4.78, 5) is 4.39. The van der Waals surface area contributed by atoms with Crippen LogP contribution >= 0.6 is 0 Å². The Morgan fingerprint density at radius 3 is 3.00 bits per heavy atom. The second kappa shape index (κ2) is 5.05. The topological polar surface area (TPSA) is 39.1 Å². The van der Waals surface area contributed by atoms with Gasteiger partial charge in [-0.05, 0) is 18.7 Å². The van der Waals surface area contributed by atoms with E-state index in [1.54, 1.807) is 0 Å². The Morgan fingerprint density at radius 1 is 1.47 bits per heavy atom. The zero-order valence-corrected chi connectivity index (χ0v) is 11.3. The van der Waals surface area contributed by atoms with Crippen LogP contribution in [-0.4, -0.2) is 28.7 Å². The van der Waals surface area contributed by atoms with Crippen LogP contribution in [0.1, 0.15) is 11.4 Å². The lowest BCUT2D eigenvalue weighted by molar-refractivity contribution is 0.180. The molecule has 2 atom stereocenters. The minimum atomic E-state index is 0.180. The molecule has 2 unspecified atom stereocenters. The average molecular weight is 257 g/mol. The van der Waals surface area contributed by atoms with Crippen molar-refractivity contribution in [3.63, 3.8) is 0 Å². The fourth-order valence-electron chi connectivity index (χ4n) is 2.64. The number of aryl methyl sites for hydroxylation is 1. The van der Waals surface area contributed by atoms with Crippen LogP contribution in [0.5, 0.6) is 5.75 Å². The molecular formula is C15H19N3O. The molecule has 1 aromatic heterocycles. The van der Waals surface area contributed by atoms with Crippen LogP contribution in [0.3, 0.4) is 0 Å². The number of fused-ring (bicyclic) bond motifs is 1. The third-order valence-electron chi connectivity index (χ3n) is 3.82. The summed E-state index contributed by atoms with van der Waals surface area (Å²) in [6.45, 7) is 0. The van der Waals surface area contributed by atoms with Crippen molar-refractivity contribution in [2.24, 2.45) is 7.05 Å². The third kappa shape index (κ3) is 2.36. The summed E-state index contributed by atoms with van der Waals surface area (Å²) in [5.74, 6) is 2.10. The van der Waals surface area contributed by atoms with E-state index in [0.29, 0.717) is 0 Å². The van der Waals surface area contributed by atoms with E-state index >= 15 is 0 Å². The molecule has 0 fully saturated rings. The zero-order valence-electron chi connectivity index (χ0n) is 11.3. The number of hydrogen-bond donors (Lipinski definition) is 1. The highest BCUT2D eigenvalue weighted by atomic mass is 16.5. The minimum Gasteiger partial charge on any atom is -0.488 e. The minimum absolute atomic E-state index is 0.180. The van der Waals surface area contributed by atoms with Gasteiger partial charge in [-0.2, -0.15) is 0 Å². The Bertz CT molecular complexity index is 539. The second-order valence-corrected chi connectivity index (χ2v) is 5.02. The van der Waals surface area contributed by atoms with E-state index < -0.39 is 0 Å². The van der Waals surface area contributed by atoms with Gasteiger partial charge in [0.05, 0.1) is 6.04 Å². The molecule has 0 aliphatic carbocycles. The first-order valence-electron chi connectivity index (χ1n) is 6.66. The molecule has 19 heavy (non-hydrogen) atoms. The standard InChI is InChI=1S/C15H19N3O/c1-16-12(10-15-17-7-8-18(15)2)14-9-11-5-3-4-6-13(11)19-14/h3-8,12,14,16H,9-10H2,1-2H3. The maximum Gasteiger partial charge on any atom is 0.123 e. The lowest BCUT2D eigenvalue weighted by Crippen LogP contribution is -2.42. The Morgan fingerprint density at radius 2 is 2.32 bits per heavy atom. The van der Waals surface area contributed by atoms with Crippen molar-refractivity contribution in [2.45, 2.75) is 25.0 Å². The highest BCUT2D eigenvalue weighted by molar-refractivity contribution is 5.37. The van der Waals surface area contributed by atoms with Gasteiger partial charge >= 0.3 is 0 Å². The Labute approximate surface area is 113 Å². The van der Waals surface area contributed by atoms with E-state index in [-0.39, 0.29) is 12.1 Å². The number of aromatic nitrogens is 2. The number of nitrogens with zero attached hydrogens (tertiary/aromatic N) is 2. The molecule has 1 N–H and O–H groups in total. The second-order valence-electron chi connectivity index (χ2n) is 5.02. The Hall–Kier alpha value is -1.81. The molecular weight excluding hydrogens is 238 g/mol. The summed E-state index contributed by atoms with van der Waals surface area (Å²) in [5.41, 5.74) is 1.30. The van der Waals surface area contributed by atoms with Crippen molar-refractivity contribution in [3.05, 3.63) is 48.0 Å². The van der Waals surface area contributed by atoms with Crippen LogP contribution in [0.2, 0.25) is 0 Å². The van der Waals surface area contributed by atoms with E-state index in [1.165, 1.54) is 5.56 Å². The first-order chi connectivity index (χ1) is 9.28. The Kier molecular flexibility index (Phi) is 3.25. The monoisotopic (exact) mass is 257 g/mol. The molecule has 3 rings (SSSR count). The molecule has 4 nitrogen and oxygen atoms in total. The summed E-state index contributed by atoms with van der Waals surface area (Å²) in [7, 11) is 4.01. The number of nitrogens with one attached hydrogen (secondary N) is 1. The first kappa shape index (κ1) is 12.2. The van der Waals surface area contributed by atoms with Crippen LogP contribution in [0.15, 0.2) is 36.7 Å². The summed E-state index contributed by atoms with van der Waals surface area (Å²) in [5, 5.41) is 3.37. The lowest BCUT2D eigenvalue weighted by atomic mass is 10.0. The number of benzene rings is 1. The van der Waals surface area contributed by atoms with Gasteiger partial charge in [0.25, 0.3) is 0 Å². The van der Waals surface area contributed by atoms with Crippen LogP contribution in [0.25, 0.3) is 0 Å². The fraction of sp³-hybridized carbons (Fsp3) is 0.400. The number of rotatable bonds is 4. The van der Waals surface area contributed by atoms with Gasteiger partial charge in [-0.1, -0.05) is 18.2 Å². The molecule has 1 aliphatic heterocycles. The molecule has 1 aliphatic rings. The van der Waals surface area contributed by atoms with Crippen molar-refractivity contribution < 1.29 is 4.74 Å². The van der Waals surface area contributed by atoms with E-state index in [4.69, 9.17) is 4.74 Å². The largest absolute Gasteiger partial charge is 0.488 e. The van der Waals surface area contributed by atoms with Gasteiger partial charge in [0.2, 0.25) is 0 Å². The maximum atomic E-state index is 6.05. The molecule has 0 spiro atoms. The SMILES string of the molecule is CNC(Cc1nccn1C)C1Cc2ccccc2O1. The van der Waals surface area contributed by atoms with Gasteiger partial charge in [-0.25, -0.2) is 4.98 Å². The van der Waals surface area contributed by atoms with Crippen molar-refractivity contribution in [1.82, 2.24) is 14.9 Å². The summed E-state index contributed by atoms with van der Waals surface area (Å²) >= 11 is 0. The quantitative estimate of drug-likeness (QED) is 0.903. The van der Waals surface area contributed by atoms with E-state index in [9.17, 15) is 0 Å². The Balaban J connectivity index is 1.73. The van der Waals surface area contributed by atoms with Crippen molar-refractivity contribution in [1.29, 1.82) is 0 Å². The zero-order chi connectivity index (χ0) is 13.2. The summed E-state index contributed by atoms with van der Waals surface area (Å²) in [6, 6.07) is 8.55. The summed E-state index contributed by atoms with van der Waals surface area (Å²) in [6.07, 6.45) is 5.84. The van der Waals surface area contributed by atoms with E-state index in [0.717, 1.165) is 24.4 Å². The normalized spacial score (nSPS) is 18.9. The average Bonchev–Trinajstić information content (AvgIpc) is 3.02. The van der Waals surface area contributed by atoms with Gasteiger partial charge in [0.1, 0.15) is 17.7 Å². The van der Waals surface area contributed by atoms with Crippen LogP contribution in [-0.2, 0) is 19.9 Å². The maximum absolute atomic E-state index is 6.05. The highest BCUT2D eigenvalue weighted by Crippen LogP contribution is 2.30. The third-order valence-corrected chi connectivity index (χ3v) is 3.82. The first-order valence-corrected chi connectivity index (χ1v) is 6.66. The molecule has 1 aromatic carbocycles. The van der Waals surface area contributed by atoms with E-state index in [2.05, 4.69) is 27.0 Å². The molecule has 2 aromatic rings. The number of imidazole rings is 1. The number of para-hydroxylation sites is 1. The van der Waals surface area contributed by atoms with E-state index in [1.807, 2.05) is 38.6 Å². The van der Waals surface area contributed by atoms with Gasteiger partial charge in [0.15, 0.2) is 0 Å². The van der Waals surface area contributed by atoms with Gasteiger partial charge < -0.3 is 14.6 Å².